The van der Waals surface area contributed by atoms with Gasteiger partial charge < -0.3 is 4.74 Å². The fraction of sp³-hybridized carbons (Fsp3) is 0.238. The van der Waals surface area contributed by atoms with Gasteiger partial charge in [0, 0.05) is 30.8 Å². The molecule has 0 aliphatic carbocycles. The van der Waals surface area contributed by atoms with Gasteiger partial charge in [-0.3, -0.25) is 9.69 Å². The van der Waals surface area contributed by atoms with E-state index in [0.29, 0.717) is 23.3 Å². The molecule has 2 aromatic rings. The van der Waals surface area contributed by atoms with Gasteiger partial charge in [-0.15, -0.1) is 0 Å². The molecule has 0 bridgehead atoms. The lowest BCUT2D eigenvalue weighted by molar-refractivity contribution is 0.0526. The molecule has 0 saturated heterocycles. The molecule has 3 rings (SSSR count). The Labute approximate surface area is 147 Å². The quantitative estimate of drug-likeness (QED) is 0.461. The van der Waals surface area contributed by atoms with Crippen LogP contribution in [0.2, 0.25) is 0 Å². The summed E-state index contributed by atoms with van der Waals surface area (Å²) < 4.78 is 5.02. The third-order valence-corrected chi connectivity index (χ3v) is 4.19. The molecule has 0 N–H and O–H groups in total. The first-order chi connectivity index (χ1) is 12.2. The molecule has 0 amide bonds. The second kappa shape index (κ2) is 7.90. The van der Waals surface area contributed by atoms with Gasteiger partial charge in [-0.05, 0) is 24.6 Å². The van der Waals surface area contributed by atoms with E-state index < -0.39 is 5.97 Å². The second-order valence-electron chi connectivity index (χ2n) is 5.95. The van der Waals surface area contributed by atoms with Crippen LogP contribution in [0.15, 0.2) is 60.7 Å². The van der Waals surface area contributed by atoms with Crippen LogP contribution in [0.4, 0.5) is 0 Å². The van der Waals surface area contributed by atoms with Crippen LogP contribution >= 0.6 is 0 Å². The summed E-state index contributed by atoms with van der Waals surface area (Å²) in [6.45, 7) is 4.61. The number of carbonyl (C=O) groups excluding carboxylic acids is 2. The molecule has 1 aliphatic rings. The Morgan fingerprint density at radius 3 is 2.48 bits per heavy atom. The number of ether oxygens (including phenoxy) is 1. The fourth-order valence-corrected chi connectivity index (χ4v) is 2.93. The van der Waals surface area contributed by atoms with Gasteiger partial charge in [0.1, 0.15) is 0 Å². The van der Waals surface area contributed by atoms with Crippen LogP contribution in [-0.4, -0.2) is 36.3 Å². The van der Waals surface area contributed by atoms with Crippen molar-refractivity contribution in [2.24, 2.45) is 0 Å². The molecule has 25 heavy (non-hydrogen) atoms. The van der Waals surface area contributed by atoms with E-state index in [-0.39, 0.29) is 5.78 Å². The van der Waals surface area contributed by atoms with E-state index >= 15 is 0 Å². The summed E-state index contributed by atoms with van der Waals surface area (Å²) in [6.07, 6.45) is 4.26. The van der Waals surface area contributed by atoms with Crippen LogP contribution in [0.1, 0.15) is 38.8 Å². The monoisotopic (exact) mass is 335 g/mol. The molecule has 0 unspecified atom stereocenters. The Morgan fingerprint density at radius 1 is 1.00 bits per heavy atom. The Kier molecular flexibility index (Phi) is 5.41. The van der Waals surface area contributed by atoms with Crippen LogP contribution in [0.25, 0.3) is 0 Å². The van der Waals surface area contributed by atoms with Crippen molar-refractivity contribution in [1.29, 1.82) is 0 Å². The number of carbonyl (C=O) groups is 2. The van der Waals surface area contributed by atoms with Crippen molar-refractivity contribution < 1.29 is 14.3 Å². The molecule has 0 saturated carbocycles. The van der Waals surface area contributed by atoms with Gasteiger partial charge in [-0.2, -0.15) is 0 Å². The lowest BCUT2D eigenvalue weighted by Crippen LogP contribution is -2.21. The van der Waals surface area contributed by atoms with E-state index in [4.69, 9.17) is 4.74 Å². The maximum Gasteiger partial charge on any atom is 0.338 e. The van der Waals surface area contributed by atoms with E-state index in [2.05, 4.69) is 17.1 Å². The number of nitrogens with zero attached hydrogens (tertiary/aromatic N) is 1. The standard InChI is InChI=1S/C21H21NO3/c1-2-25-21(24)17-10-7-9-16(14-17)20(23)19-11-4-3-8-18(19)15-22-12-5-6-13-22/h3-11,14H,2,12-13,15H2,1H3. The Hall–Kier alpha value is -2.72. The number of ketones is 1. The maximum atomic E-state index is 13.0. The van der Waals surface area contributed by atoms with Crippen molar-refractivity contribution >= 4 is 11.8 Å². The molecule has 0 radical (unpaired) electrons. The van der Waals surface area contributed by atoms with E-state index in [1.54, 1.807) is 31.2 Å². The predicted octanol–water partition coefficient (Wildman–Crippen LogP) is 3.47. The summed E-state index contributed by atoms with van der Waals surface area (Å²) in [5.41, 5.74) is 2.57. The topological polar surface area (TPSA) is 46.6 Å². The van der Waals surface area contributed by atoms with Crippen molar-refractivity contribution in [3.05, 3.63) is 82.9 Å². The van der Waals surface area contributed by atoms with Gasteiger partial charge in [-0.25, -0.2) is 4.79 Å². The van der Waals surface area contributed by atoms with Gasteiger partial charge in [-0.1, -0.05) is 48.6 Å². The van der Waals surface area contributed by atoms with Gasteiger partial charge in [0.2, 0.25) is 0 Å². The van der Waals surface area contributed by atoms with Gasteiger partial charge >= 0.3 is 5.97 Å². The lowest BCUT2D eigenvalue weighted by Gasteiger charge is -2.17. The molecule has 4 heteroatoms. The smallest absolute Gasteiger partial charge is 0.338 e. The maximum absolute atomic E-state index is 13.0. The van der Waals surface area contributed by atoms with E-state index in [1.165, 1.54) is 0 Å². The molecule has 0 aromatic heterocycles. The Bertz CT molecular complexity index is 802. The summed E-state index contributed by atoms with van der Waals surface area (Å²) in [6, 6.07) is 14.4. The average Bonchev–Trinajstić information content (AvgIpc) is 3.15. The SMILES string of the molecule is CCOC(=O)c1cccc(C(=O)c2ccccc2CN2CC=CC2)c1. The van der Waals surface area contributed by atoms with Crippen molar-refractivity contribution in [2.45, 2.75) is 13.5 Å². The van der Waals surface area contributed by atoms with E-state index in [9.17, 15) is 9.59 Å². The lowest BCUT2D eigenvalue weighted by atomic mass is 9.97. The molecule has 0 atom stereocenters. The largest absolute Gasteiger partial charge is 0.462 e. The first kappa shape index (κ1) is 17.1. The molecule has 1 heterocycles. The third-order valence-electron chi connectivity index (χ3n) is 4.19. The van der Waals surface area contributed by atoms with Crippen molar-refractivity contribution in [3.8, 4) is 0 Å². The summed E-state index contributed by atoms with van der Waals surface area (Å²) in [5, 5.41) is 0. The van der Waals surface area contributed by atoms with Crippen molar-refractivity contribution in [2.75, 3.05) is 19.7 Å². The van der Waals surface area contributed by atoms with Gasteiger partial charge in [0.15, 0.2) is 5.78 Å². The summed E-state index contributed by atoms with van der Waals surface area (Å²) in [5.74, 6) is -0.484. The number of esters is 1. The average molecular weight is 335 g/mol. The minimum absolute atomic E-state index is 0.0751. The molecule has 4 nitrogen and oxygen atoms in total. The number of benzene rings is 2. The highest BCUT2D eigenvalue weighted by molar-refractivity contribution is 6.10. The summed E-state index contributed by atoms with van der Waals surface area (Å²) >= 11 is 0. The first-order valence-corrected chi connectivity index (χ1v) is 8.46. The molecular weight excluding hydrogens is 314 g/mol. The van der Waals surface area contributed by atoms with Gasteiger partial charge in [0.25, 0.3) is 0 Å². The van der Waals surface area contributed by atoms with Crippen LogP contribution in [-0.2, 0) is 11.3 Å². The first-order valence-electron chi connectivity index (χ1n) is 8.46. The molecule has 128 valence electrons. The minimum Gasteiger partial charge on any atom is -0.462 e. The number of rotatable bonds is 6. The third kappa shape index (κ3) is 4.03. The van der Waals surface area contributed by atoms with Crippen molar-refractivity contribution in [3.63, 3.8) is 0 Å². The summed E-state index contributed by atoms with van der Waals surface area (Å²) in [7, 11) is 0. The van der Waals surface area contributed by atoms with E-state index in [0.717, 1.165) is 25.2 Å². The highest BCUT2D eigenvalue weighted by atomic mass is 16.5. The minimum atomic E-state index is -0.409. The fourth-order valence-electron chi connectivity index (χ4n) is 2.93. The predicted molar refractivity (Wildman–Crippen MR) is 96.7 cm³/mol. The van der Waals surface area contributed by atoms with Gasteiger partial charge in [0.05, 0.1) is 12.2 Å². The summed E-state index contributed by atoms with van der Waals surface area (Å²) in [4.78, 5) is 27.2. The molecule has 2 aromatic carbocycles. The van der Waals surface area contributed by atoms with Crippen LogP contribution in [0.3, 0.4) is 0 Å². The zero-order chi connectivity index (χ0) is 17.6. The van der Waals surface area contributed by atoms with Crippen LogP contribution in [0.5, 0.6) is 0 Å². The zero-order valence-corrected chi connectivity index (χ0v) is 14.3. The molecule has 0 fully saturated rings. The molecule has 1 aliphatic heterocycles. The zero-order valence-electron chi connectivity index (χ0n) is 14.3. The van der Waals surface area contributed by atoms with Crippen LogP contribution in [0, 0.1) is 0 Å². The Morgan fingerprint density at radius 2 is 1.72 bits per heavy atom. The van der Waals surface area contributed by atoms with E-state index in [1.807, 2.05) is 24.3 Å². The van der Waals surface area contributed by atoms with Crippen molar-refractivity contribution in [1.82, 2.24) is 4.90 Å². The normalized spacial score (nSPS) is 13.8. The molecule has 0 spiro atoms. The highest BCUT2D eigenvalue weighted by Crippen LogP contribution is 2.18. The molecular formula is C21H21NO3. The number of hydrogen-bond acceptors (Lipinski definition) is 4. The highest BCUT2D eigenvalue weighted by Gasteiger charge is 2.17. The number of hydrogen-bond donors (Lipinski definition) is 0. The second-order valence-corrected chi connectivity index (χ2v) is 5.95. The van der Waals surface area contributed by atoms with Crippen LogP contribution < -0.4 is 0 Å². The Balaban J connectivity index is 1.86.